The molecule has 0 radical (unpaired) electrons. The number of phenolic OH excluding ortho intramolecular Hbond substituents is 3. The summed E-state index contributed by atoms with van der Waals surface area (Å²) in [7, 11) is 5.03. The number of aromatic hydroxyl groups is 3. The van der Waals surface area contributed by atoms with Crippen LogP contribution in [0.1, 0.15) is 121 Å². The number of carbonyl (C=O) groups is 2. The number of ether oxygens (including phenoxy) is 4. The van der Waals surface area contributed by atoms with Gasteiger partial charge in [-0.2, -0.15) is 0 Å². The van der Waals surface area contributed by atoms with Crippen LogP contribution in [0.3, 0.4) is 0 Å². The molecule has 9 atom stereocenters. The van der Waals surface area contributed by atoms with Gasteiger partial charge in [-0.3, -0.25) is 9.59 Å². The van der Waals surface area contributed by atoms with Gasteiger partial charge in [0.25, 0.3) is 0 Å². The summed E-state index contributed by atoms with van der Waals surface area (Å²) in [5.41, 5.74) is 9.61. The van der Waals surface area contributed by atoms with Crippen molar-refractivity contribution >= 4 is 28.8 Å². The summed E-state index contributed by atoms with van der Waals surface area (Å²) in [6, 6.07) is 34.1. The van der Waals surface area contributed by atoms with Crippen molar-refractivity contribution in [3.8, 4) is 39.9 Å². The zero-order chi connectivity index (χ0) is 52.6. The molecule has 394 valence electrons. The second-order valence-electron chi connectivity index (χ2n) is 22.9. The van der Waals surface area contributed by atoms with Crippen LogP contribution in [0.5, 0.6) is 28.7 Å². The maximum absolute atomic E-state index is 16.0. The highest BCUT2D eigenvalue weighted by molar-refractivity contribution is 5.99. The quantitative estimate of drug-likeness (QED) is 0.0830. The van der Waals surface area contributed by atoms with Gasteiger partial charge < -0.3 is 44.7 Å². The molecule has 6 aliphatic rings. The fourth-order valence-corrected chi connectivity index (χ4v) is 16.0. The molecule has 6 aromatic rings. The minimum Gasteiger partial charge on any atom is -0.508 e. The van der Waals surface area contributed by atoms with Crippen LogP contribution in [0.2, 0.25) is 0 Å². The molecule has 0 spiro atoms. The van der Waals surface area contributed by atoms with E-state index in [0.717, 1.165) is 92.9 Å². The Labute approximate surface area is 444 Å². The summed E-state index contributed by atoms with van der Waals surface area (Å²) < 4.78 is 25.6. The molecule has 0 amide bonds. The Balaban J connectivity index is 1.04. The number of fused-ring (bicyclic) bond motifs is 6. The van der Waals surface area contributed by atoms with Gasteiger partial charge in [0.15, 0.2) is 23.0 Å². The number of hydrogen-bond acceptors (Lipinski definition) is 11. The minimum atomic E-state index is -0.991. The number of aliphatic hydroxyl groups excluding tert-OH is 1. The standard InChI is InChI=1S/C65H69NO10/c1-36(67)75-59-31-47(76-63(72)64(19-8-5-9-20-64)44-17-16-41-23-46(68)29-49(48(41)28-44)40-14-10-11-37(21-40)35-66-2)30-52-50-33-61(74-4)57(70)26-42(50)24-53-56(69)34-54-51-32-58(71)60(73-3)27-43(51)25-55(59)65(54,62(52)53)45-18-15-38-12-6-7-13-39(38)22-45/h6-7,10-14,16-17,21-23,26-29,32-33,47,52-56,59,62,66,68-71H,5,8-9,15,18-20,24-25,30-31,34-35H2,1-4H3. The van der Waals surface area contributed by atoms with Crippen molar-refractivity contribution in [3.05, 3.63) is 153 Å². The fourth-order valence-electron chi connectivity index (χ4n) is 16.0. The van der Waals surface area contributed by atoms with E-state index in [1.54, 1.807) is 26.4 Å². The number of rotatable bonds is 10. The lowest BCUT2D eigenvalue weighted by Gasteiger charge is -2.66. The summed E-state index contributed by atoms with van der Waals surface area (Å²) in [6.07, 6.45) is 7.55. The molecule has 0 saturated heterocycles. The first kappa shape index (κ1) is 50.0. The average Bonchev–Trinajstić information content (AvgIpc) is 3.49. The smallest absolute Gasteiger partial charge is 0.316 e. The number of allylic oxidation sites excluding steroid dienone is 1. The van der Waals surface area contributed by atoms with Crippen molar-refractivity contribution in [1.82, 2.24) is 5.32 Å². The van der Waals surface area contributed by atoms with Crippen LogP contribution in [-0.4, -0.2) is 71.9 Å². The third kappa shape index (κ3) is 8.22. The third-order valence-electron chi connectivity index (χ3n) is 19.0. The fraction of sp³-hybridized carbons (Fsp3) is 0.415. The van der Waals surface area contributed by atoms with Gasteiger partial charge >= 0.3 is 11.9 Å². The predicted octanol–water partition coefficient (Wildman–Crippen LogP) is 11.5. The summed E-state index contributed by atoms with van der Waals surface area (Å²) in [6.45, 7) is 2.15. The lowest BCUT2D eigenvalue weighted by molar-refractivity contribution is -0.180. The number of aliphatic hydroxyl groups is 1. The SMILES string of the molecule is CNCc1cccc(-c2cc(O)cc3ccc(C4(C(=O)OC5CC(OC(C)=O)C6Cc7cc(OC)c(O)cc7C7CC(O)C8Cc9cc(O)c(OC)cc9C(C5)C8C76C5=Cc6ccccc6CC5)CCCCC4)cc23)c1. The third-order valence-corrected chi connectivity index (χ3v) is 19.0. The molecule has 9 unspecified atom stereocenters. The van der Waals surface area contributed by atoms with Gasteiger partial charge in [0.2, 0.25) is 0 Å². The van der Waals surface area contributed by atoms with E-state index in [0.29, 0.717) is 56.6 Å². The number of methoxy groups -OCH3 is 2. The molecule has 6 aliphatic carbocycles. The highest BCUT2D eigenvalue weighted by atomic mass is 16.6. The first-order valence-electron chi connectivity index (χ1n) is 27.5. The Morgan fingerprint density at radius 3 is 2.30 bits per heavy atom. The molecule has 76 heavy (non-hydrogen) atoms. The van der Waals surface area contributed by atoms with E-state index in [2.05, 4.69) is 59.9 Å². The first-order chi connectivity index (χ1) is 36.8. The van der Waals surface area contributed by atoms with Crippen molar-refractivity contribution in [1.29, 1.82) is 0 Å². The predicted molar refractivity (Wildman–Crippen MR) is 292 cm³/mol. The first-order valence-corrected chi connectivity index (χ1v) is 27.5. The van der Waals surface area contributed by atoms with Crippen molar-refractivity contribution in [2.24, 2.45) is 23.2 Å². The molecular formula is C65H69NO10. The van der Waals surface area contributed by atoms with Gasteiger partial charge in [-0.05, 0) is 197 Å². The van der Waals surface area contributed by atoms with E-state index in [-0.39, 0.29) is 59.2 Å². The summed E-state index contributed by atoms with van der Waals surface area (Å²) in [5, 5.41) is 52.0. The largest absolute Gasteiger partial charge is 0.508 e. The maximum Gasteiger partial charge on any atom is 0.316 e. The second kappa shape index (κ2) is 19.6. The van der Waals surface area contributed by atoms with Crippen molar-refractivity contribution in [2.75, 3.05) is 21.3 Å². The maximum atomic E-state index is 16.0. The van der Waals surface area contributed by atoms with Gasteiger partial charge in [0, 0.05) is 31.2 Å². The topological polar surface area (TPSA) is 164 Å². The van der Waals surface area contributed by atoms with Crippen molar-refractivity contribution in [2.45, 2.75) is 126 Å². The Morgan fingerprint density at radius 1 is 0.737 bits per heavy atom. The van der Waals surface area contributed by atoms with E-state index >= 15 is 4.79 Å². The zero-order valence-corrected chi connectivity index (χ0v) is 43.9. The Hall–Kier alpha value is -6.82. The molecular weight excluding hydrogens is 955 g/mol. The molecule has 0 aromatic heterocycles. The zero-order valence-electron chi connectivity index (χ0n) is 43.9. The summed E-state index contributed by atoms with van der Waals surface area (Å²) in [4.78, 5) is 29.8. The number of phenols is 3. The van der Waals surface area contributed by atoms with Crippen LogP contribution < -0.4 is 14.8 Å². The van der Waals surface area contributed by atoms with Crippen LogP contribution in [0.15, 0.2) is 109 Å². The highest BCUT2D eigenvalue weighted by Crippen LogP contribution is 2.72. The average molecular weight is 1020 g/mol. The van der Waals surface area contributed by atoms with Crippen molar-refractivity contribution in [3.63, 3.8) is 0 Å². The van der Waals surface area contributed by atoms with Crippen molar-refractivity contribution < 1.29 is 49.0 Å². The number of carbonyl (C=O) groups excluding carboxylic acids is 2. The molecule has 0 bridgehead atoms. The summed E-state index contributed by atoms with van der Waals surface area (Å²) >= 11 is 0. The second-order valence-corrected chi connectivity index (χ2v) is 22.9. The molecule has 11 heteroatoms. The van der Waals surface area contributed by atoms with Crippen LogP contribution in [0.25, 0.3) is 28.0 Å². The molecule has 5 N–H and O–H groups in total. The Bertz CT molecular complexity index is 3300. The van der Waals surface area contributed by atoms with Crippen LogP contribution >= 0.6 is 0 Å². The van der Waals surface area contributed by atoms with Gasteiger partial charge in [0.1, 0.15) is 18.0 Å². The highest BCUT2D eigenvalue weighted by Gasteiger charge is 2.67. The minimum absolute atomic E-state index is 0.0282. The monoisotopic (exact) mass is 1020 g/mol. The van der Waals surface area contributed by atoms with E-state index in [9.17, 15) is 25.2 Å². The van der Waals surface area contributed by atoms with E-state index < -0.39 is 35.1 Å². The Kier molecular flexibility index (Phi) is 12.9. The molecule has 3 saturated carbocycles. The molecule has 0 heterocycles. The van der Waals surface area contributed by atoms with Crippen LogP contribution in [0.4, 0.5) is 0 Å². The van der Waals surface area contributed by atoms with E-state index in [1.807, 2.05) is 49.5 Å². The van der Waals surface area contributed by atoms with Gasteiger partial charge in [-0.15, -0.1) is 0 Å². The van der Waals surface area contributed by atoms with Gasteiger partial charge in [-0.25, -0.2) is 0 Å². The molecule has 0 aliphatic heterocycles. The van der Waals surface area contributed by atoms with Crippen LogP contribution in [0, 0.1) is 23.2 Å². The molecule has 3 fully saturated rings. The number of esters is 2. The number of aryl methyl sites for hydroxylation is 1. The van der Waals surface area contributed by atoms with Gasteiger partial charge in [-0.1, -0.05) is 85.5 Å². The lowest BCUT2D eigenvalue weighted by Crippen LogP contribution is -2.64. The molecule has 11 nitrogen and oxygen atoms in total. The van der Waals surface area contributed by atoms with Gasteiger partial charge in [0.05, 0.1) is 25.7 Å². The Morgan fingerprint density at radius 2 is 1.51 bits per heavy atom. The normalized spacial score (nSPS) is 27.0. The number of nitrogens with one attached hydrogen (secondary N) is 1. The number of hydrogen-bond donors (Lipinski definition) is 5. The summed E-state index contributed by atoms with van der Waals surface area (Å²) in [5.74, 6) is -1.34. The molecule has 6 aromatic carbocycles. The van der Waals surface area contributed by atoms with Crippen LogP contribution in [-0.2, 0) is 50.3 Å². The molecule has 12 rings (SSSR count). The van der Waals surface area contributed by atoms with E-state index in [4.69, 9.17) is 18.9 Å². The lowest BCUT2D eigenvalue weighted by atomic mass is 9.38. The number of benzene rings is 6. The van der Waals surface area contributed by atoms with E-state index in [1.165, 1.54) is 18.1 Å².